The van der Waals surface area contributed by atoms with Crippen molar-refractivity contribution < 1.29 is 4.74 Å². The molecular weight excluding hydrogens is 272 g/mol. The summed E-state index contributed by atoms with van der Waals surface area (Å²) in [4.78, 5) is 5.16. The summed E-state index contributed by atoms with van der Waals surface area (Å²) in [7, 11) is 1.74. The maximum absolute atomic E-state index is 5.34. The Morgan fingerprint density at radius 3 is 2.64 bits per heavy atom. The number of piperazine rings is 1. The second-order valence-electron chi connectivity index (χ2n) is 7.03. The third-order valence-electron chi connectivity index (χ3n) is 5.70. The molecule has 3 nitrogen and oxygen atoms in total. The Labute approximate surface area is 133 Å². The zero-order valence-corrected chi connectivity index (χ0v) is 13.4. The molecule has 2 aliphatic carbocycles. The largest absolute Gasteiger partial charge is 0.497 e. The van der Waals surface area contributed by atoms with Crippen LogP contribution in [-0.2, 0) is 0 Å². The minimum absolute atomic E-state index is 0.876. The minimum Gasteiger partial charge on any atom is -0.497 e. The van der Waals surface area contributed by atoms with Crippen LogP contribution in [0.15, 0.2) is 36.4 Å². The number of rotatable bonds is 4. The molecule has 1 saturated heterocycles. The van der Waals surface area contributed by atoms with Crippen LogP contribution in [0.5, 0.6) is 5.75 Å². The van der Waals surface area contributed by atoms with E-state index in [0.717, 1.165) is 36.6 Å². The average Bonchev–Trinajstić information content (AvgIpc) is 3.18. The lowest BCUT2D eigenvalue weighted by atomic mass is 9.93. The third-order valence-corrected chi connectivity index (χ3v) is 5.70. The van der Waals surface area contributed by atoms with E-state index in [4.69, 9.17) is 4.74 Å². The highest BCUT2D eigenvalue weighted by molar-refractivity contribution is 5.51. The van der Waals surface area contributed by atoms with Crippen LogP contribution in [0.2, 0.25) is 0 Å². The molecule has 2 bridgehead atoms. The van der Waals surface area contributed by atoms with E-state index in [-0.39, 0.29) is 0 Å². The number of anilines is 1. The molecule has 4 rings (SSSR count). The molecule has 0 N–H and O–H groups in total. The molecular formula is C19H26N2O. The Hall–Kier alpha value is -1.48. The maximum atomic E-state index is 5.34. The molecule has 3 atom stereocenters. The average molecular weight is 298 g/mol. The number of methoxy groups -OCH3 is 1. The van der Waals surface area contributed by atoms with Crippen molar-refractivity contribution in [3.8, 4) is 5.75 Å². The molecule has 1 saturated carbocycles. The van der Waals surface area contributed by atoms with Crippen molar-refractivity contribution in [2.45, 2.75) is 12.8 Å². The maximum Gasteiger partial charge on any atom is 0.120 e. The summed E-state index contributed by atoms with van der Waals surface area (Å²) in [6, 6.07) is 8.44. The summed E-state index contributed by atoms with van der Waals surface area (Å²) >= 11 is 0. The predicted molar refractivity (Wildman–Crippen MR) is 90.5 cm³/mol. The molecule has 3 heteroatoms. The van der Waals surface area contributed by atoms with Gasteiger partial charge in [0, 0.05) is 44.5 Å². The molecule has 0 unspecified atom stereocenters. The minimum atomic E-state index is 0.876. The van der Waals surface area contributed by atoms with Crippen molar-refractivity contribution in [1.82, 2.24) is 4.90 Å². The summed E-state index contributed by atoms with van der Waals surface area (Å²) < 4.78 is 5.34. The highest BCUT2D eigenvalue weighted by Gasteiger charge is 2.36. The molecule has 0 spiro atoms. The number of benzene rings is 1. The van der Waals surface area contributed by atoms with E-state index >= 15 is 0 Å². The Morgan fingerprint density at radius 1 is 1.09 bits per heavy atom. The Morgan fingerprint density at radius 2 is 1.95 bits per heavy atom. The number of hydrogen-bond donors (Lipinski definition) is 0. The van der Waals surface area contributed by atoms with E-state index in [9.17, 15) is 0 Å². The molecule has 0 aromatic heterocycles. The zero-order chi connectivity index (χ0) is 14.9. The molecule has 22 heavy (non-hydrogen) atoms. The summed E-state index contributed by atoms with van der Waals surface area (Å²) in [5.41, 5.74) is 1.29. The van der Waals surface area contributed by atoms with E-state index in [1.165, 1.54) is 38.2 Å². The van der Waals surface area contributed by atoms with Gasteiger partial charge in [-0.1, -0.05) is 18.2 Å². The van der Waals surface area contributed by atoms with Gasteiger partial charge in [-0.05, 0) is 42.7 Å². The summed E-state index contributed by atoms with van der Waals surface area (Å²) in [6.45, 7) is 5.94. The molecule has 1 heterocycles. The number of ether oxygens (including phenoxy) is 1. The van der Waals surface area contributed by atoms with Crippen LogP contribution in [0, 0.1) is 17.8 Å². The number of allylic oxidation sites excluding steroid dienone is 2. The van der Waals surface area contributed by atoms with Crippen molar-refractivity contribution in [1.29, 1.82) is 0 Å². The number of hydrogen-bond acceptors (Lipinski definition) is 3. The van der Waals surface area contributed by atoms with E-state index in [1.807, 2.05) is 6.07 Å². The van der Waals surface area contributed by atoms with Crippen molar-refractivity contribution in [3.05, 3.63) is 36.4 Å². The zero-order valence-electron chi connectivity index (χ0n) is 13.4. The second-order valence-corrected chi connectivity index (χ2v) is 7.03. The standard InChI is InChI=1S/C19H26N2O/c1-22-19-4-2-3-18(13-19)21-9-7-20(8-10-21)14-17-12-15-5-6-16(17)11-15/h2-6,13,15-17H,7-12,14H2,1H3/t15-,16-,17-/m1/s1. The molecule has 3 aliphatic rings. The molecule has 1 aliphatic heterocycles. The van der Waals surface area contributed by atoms with Crippen LogP contribution < -0.4 is 9.64 Å². The first-order valence-corrected chi connectivity index (χ1v) is 8.61. The Bertz CT molecular complexity index is 548. The van der Waals surface area contributed by atoms with E-state index < -0.39 is 0 Å². The van der Waals surface area contributed by atoms with Crippen molar-refractivity contribution in [3.63, 3.8) is 0 Å². The molecule has 2 fully saturated rings. The lowest BCUT2D eigenvalue weighted by molar-refractivity contribution is 0.204. The summed E-state index contributed by atoms with van der Waals surface area (Å²) in [6.07, 6.45) is 7.78. The van der Waals surface area contributed by atoms with Crippen LogP contribution >= 0.6 is 0 Å². The third kappa shape index (κ3) is 2.74. The number of nitrogens with zero attached hydrogens (tertiary/aromatic N) is 2. The van der Waals surface area contributed by atoms with Crippen LogP contribution in [0.4, 0.5) is 5.69 Å². The first-order chi connectivity index (χ1) is 10.8. The topological polar surface area (TPSA) is 15.7 Å². The SMILES string of the molecule is COc1cccc(N2CCN(C[C@H]3C[C@@H]4C=C[C@@H]3C4)CC2)c1. The van der Waals surface area contributed by atoms with Gasteiger partial charge in [-0.3, -0.25) is 4.90 Å². The van der Waals surface area contributed by atoms with Gasteiger partial charge >= 0.3 is 0 Å². The molecule has 0 radical (unpaired) electrons. The van der Waals surface area contributed by atoms with Crippen molar-refractivity contribution in [2.75, 3.05) is 44.7 Å². The quantitative estimate of drug-likeness (QED) is 0.795. The van der Waals surface area contributed by atoms with E-state index in [1.54, 1.807) is 7.11 Å². The number of fused-ring (bicyclic) bond motifs is 2. The smallest absolute Gasteiger partial charge is 0.120 e. The molecule has 0 amide bonds. The van der Waals surface area contributed by atoms with Gasteiger partial charge in [-0.2, -0.15) is 0 Å². The normalized spacial score (nSPS) is 31.0. The molecule has 1 aromatic carbocycles. The van der Waals surface area contributed by atoms with Gasteiger partial charge in [0.1, 0.15) is 5.75 Å². The lowest BCUT2D eigenvalue weighted by Gasteiger charge is -2.38. The second kappa shape index (κ2) is 5.96. The van der Waals surface area contributed by atoms with Crippen molar-refractivity contribution >= 4 is 5.69 Å². The van der Waals surface area contributed by atoms with Gasteiger partial charge in [-0.15, -0.1) is 0 Å². The Kier molecular flexibility index (Phi) is 3.83. The van der Waals surface area contributed by atoms with Crippen molar-refractivity contribution in [2.24, 2.45) is 17.8 Å². The van der Waals surface area contributed by atoms with Gasteiger partial charge in [0.2, 0.25) is 0 Å². The fraction of sp³-hybridized carbons (Fsp3) is 0.579. The first-order valence-electron chi connectivity index (χ1n) is 8.61. The monoisotopic (exact) mass is 298 g/mol. The first kappa shape index (κ1) is 14.1. The lowest BCUT2D eigenvalue weighted by Crippen LogP contribution is -2.48. The fourth-order valence-electron chi connectivity index (χ4n) is 4.43. The van der Waals surface area contributed by atoms with Gasteiger partial charge in [0.15, 0.2) is 0 Å². The highest BCUT2D eigenvalue weighted by Crippen LogP contribution is 2.43. The van der Waals surface area contributed by atoms with E-state index in [2.05, 4.69) is 40.2 Å². The highest BCUT2D eigenvalue weighted by atomic mass is 16.5. The molecule has 1 aromatic rings. The van der Waals surface area contributed by atoms with Crippen LogP contribution in [0.25, 0.3) is 0 Å². The summed E-state index contributed by atoms with van der Waals surface area (Å²) in [5, 5.41) is 0. The molecule has 118 valence electrons. The van der Waals surface area contributed by atoms with Gasteiger partial charge < -0.3 is 9.64 Å². The Balaban J connectivity index is 1.31. The van der Waals surface area contributed by atoms with Gasteiger partial charge in [0.25, 0.3) is 0 Å². The van der Waals surface area contributed by atoms with Crippen LogP contribution in [0.1, 0.15) is 12.8 Å². The fourth-order valence-corrected chi connectivity index (χ4v) is 4.43. The van der Waals surface area contributed by atoms with Crippen LogP contribution in [0.3, 0.4) is 0 Å². The van der Waals surface area contributed by atoms with E-state index in [0.29, 0.717) is 0 Å². The van der Waals surface area contributed by atoms with Gasteiger partial charge in [0.05, 0.1) is 7.11 Å². The van der Waals surface area contributed by atoms with Crippen LogP contribution in [-0.4, -0.2) is 44.7 Å². The van der Waals surface area contributed by atoms with Gasteiger partial charge in [-0.25, -0.2) is 0 Å². The predicted octanol–water partition coefficient (Wildman–Crippen LogP) is 3.03. The summed E-state index contributed by atoms with van der Waals surface area (Å²) in [5.74, 6) is 3.64.